The van der Waals surface area contributed by atoms with E-state index in [0.717, 1.165) is 36.5 Å². The molecule has 1 aliphatic carbocycles. The second kappa shape index (κ2) is 6.45. The second-order valence-electron chi connectivity index (χ2n) is 4.90. The lowest BCUT2D eigenvalue weighted by atomic mass is 10.1. The van der Waals surface area contributed by atoms with E-state index < -0.39 is 0 Å². The summed E-state index contributed by atoms with van der Waals surface area (Å²) in [5.41, 5.74) is 7.93. The van der Waals surface area contributed by atoms with Crippen molar-refractivity contribution >= 4 is 28.0 Å². The number of esters is 1. The lowest BCUT2D eigenvalue weighted by molar-refractivity contribution is 0.0607. The van der Waals surface area contributed by atoms with Gasteiger partial charge in [-0.25, -0.2) is 4.79 Å². The van der Waals surface area contributed by atoms with Crippen molar-refractivity contribution in [3.05, 3.63) is 10.4 Å². The number of nitrogens with two attached hydrogens (primary N) is 1. The Labute approximate surface area is 123 Å². The molecule has 1 aromatic rings. The van der Waals surface area contributed by atoms with E-state index in [-0.39, 0.29) is 5.97 Å². The SMILES string of the molecule is CCN(CCOC)c1sc(C(=O)OC)c(N)c1C1CC1. The average Bonchev–Trinajstić information content (AvgIpc) is 3.23. The molecule has 0 amide bonds. The highest BCUT2D eigenvalue weighted by molar-refractivity contribution is 7.18. The summed E-state index contributed by atoms with van der Waals surface area (Å²) in [5, 5.41) is 1.10. The van der Waals surface area contributed by atoms with Gasteiger partial charge in [-0.2, -0.15) is 0 Å². The first kappa shape index (κ1) is 15.1. The van der Waals surface area contributed by atoms with Crippen molar-refractivity contribution in [3.8, 4) is 0 Å². The Morgan fingerprint density at radius 2 is 2.15 bits per heavy atom. The zero-order valence-corrected chi connectivity index (χ0v) is 13.1. The highest BCUT2D eigenvalue weighted by atomic mass is 32.1. The number of hydrogen-bond acceptors (Lipinski definition) is 6. The first-order valence-corrected chi connectivity index (χ1v) is 7.70. The molecule has 0 bridgehead atoms. The summed E-state index contributed by atoms with van der Waals surface area (Å²) in [6.45, 7) is 4.42. The van der Waals surface area contributed by atoms with Gasteiger partial charge in [-0.1, -0.05) is 0 Å². The van der Waals surface area contributed by atoms with E-state index in [1.165, 1.54) is 18.4 Å². The van der Waals surface area contributed by atoms with E-state index in [0.29, 0.717) is 23.1 Å². The molecule has 20 heavy (non-hydrogen) atoms. The molecule has 1 fully saturated rings. The van der Waals surface area contributed by atoms with Gasteiger partial charge in [0, 0.05) is 25.8 Å². The molecule has 0 unspecified atom stereocenters. The standard InChI is InChI=1S/C14H22N2O3S/c1-4-16(7-8-18-2)13-10(9-5-6-9)11(15)12(20-13)14(17)19-3/h9H,4-8,15H2,1-3H3. The Hall–Kier alpha value is -1.27. The highest BCUT2D eigenvalue weighted by Gasteiger charge is 2.34. The van der Waals surface area contributed by atoms with Gasteiger partial charge in [-0.15, -0.1) is 11.3 Å². The number of anilines is 2. The highest BCUT2D eigenvalue weighted by Crippen LogP contribution is 2.52. The van der Waals surface area contributed by atoms with Crippen LogP contribution in [0, 0.1) is 0 Å². The van der Waals surface area contributed by atoms with Crippen molar-refractivity contribution in [1.82, 2.24) is 0 Å². The van der Waals surface area contributed by atoms with Gasteiger partial charge in [0.1, 0.15) is 4.88 Å². The van der Waals surface area contributed by atoms with E-state index in [2.05, 4.69) is 11.8 Å². The Kier molecular flexibility index (Phi) is 4.88. The molecule has 0 radical (unpaired) electrons. The van der Waals surface area contributed by atoms with Crippen LogP contribution >= 0.6 is 11.3 Å². The third-order valence-electron chi connectivity index (χ3n) is 3.55. The lowest BCUT2D eigenvalue weighted by Gasteiger charge is -2.22. The van der Waals surface area contributed by atoms with Gasteiger partial charge in [-0.3, -0.25) is 0 Å². The Balaban J connectivity index is 2.37. The molecule has 0 spiro atoms. The fourth-order valence-electron chi connectivity index (χ4n) is 2.29. The fourth-order valence-corrected chi connectivity index (χ4v) is 3.61. The summed E-state index contributed by atoms with van der Waals surface area (Å²) >= 11 is 1.44. The minimum absolute atomic E-state index is 0.344. The first-order valence-electron chi connectivity index (χ1n) is 6.88. The van der Waals surface area contributed by atoms with Gasteiger partial charge in [0.15, 0.2) is 0 Å². The van der Waals surface area contributed by atoms with E-state index in [4.69, 9.17) is 15.2 Å². The van der Waals surface area contributed by atoms with Crippen LogP contribution in [0.4, 0.5) is 10.7 Å². The number of hydrogen-bond donors (Lipinski definition) is 1. The summed E-state index contributed by atoms with van der Waals surface area (Å²) in [7, 11) is 3.08. The second-order valence-corrected chi connectivity index (χ2v) is 5.90. The smallest absolute Gasteiger partial charge is 0.350 e. The van der Waals surface area contributed by atoms with E-state index >= 15 is 0 Å². The number of likely N-dealkylation sites (N-methyl/N-ethyl adjacent to an activating group) is 1. The number of carbonyl (C=O) groups is 1. The maximum Gasteiger partial charge on any atom is 0.350 e. The van der Waals surface area contributed by atoms with Crippen LogP contribution in [0.25, 0.3) is 0 Å². The predicted molar refractivity (Wildman–Crippen MR) is 81.8 cm³/mol. The van der Waals surface area contributed by atoms with Crippen LogP contribution in [0.1, 0.15) is 40.9 Å². The Bertz CT molecular complexity index is 483. The topological polar surface area (TPSA) is 64.8 Å². The minimum Gasteiger partial charge on any atom is -0.465 e. The van der Waals surface area contributed by atoms with Crippen LogP contribution in [-0.2, 0) is 9.47 Å². The number of ether oxygens (including phenoxy) is 2. The maximum atomic E-state index is 11.8. The molecular weight excluding hydrogens is 276 g/mol. The average molecular weight is 298 g/mol. The van der Waals surface area contributed by atoms with Crippen molar-refractivity contribution < 1.29 is 14.3 Å². The molecule has 5 nitrogen and oxygen atoms in total. The molecule has 2 N–H and O–H groups in total. The van der Waals surface area contributed by atoms with E-state index in [1.54, 1.807) is 7.11 Å². The van der Waals surface area contributed by atoms with Gasteiger partial charge in [0.25, 0.3) is 0 Å². The molecule has 0 saturated heterocycles. The first-order chi connectivity index (χ1) is 9.63. The third kappa shape index (κ3) is 2.91. The number of carbonyl (C=O) groups excluding carboxylic acids is 1. The monoisotopic (exact) mass is 298 g/mol. The largest absolute Gasteiger partial charge is 0.465 e. The van der Waals surface area contributed by atoms with Gasteiger partial charge in [0.05, 0.1) is 24.4 Å². The van der Waals surface area contributed by atoms with Crippen molar-refractivity contribution in [1.29, 1.82) is 0 Å². The molecule has 0 aliphatic heterocycles. The Morgan fingerprint density at radius 3 is 2.65 bits per heavy atom. The van der Waals surface area contributed by atoms with Gasteiger partial charge in [-0.05, 0) is 25.7 Å². The number of methoxy groups -OCH3 is 2. The molecular formula is C14H22N2O3S. The molecule has 1 heterocycles. The predicted octanol–water partition coefficient (Wildman–Crippen LogP) is 2.47. The lowest BCUT2D eigenvalue weighted by Crippen LogP contribution is -2.26. The summed E-state index contributed by atoms with van der Waals surface area (Å²) < 4.78 is 9.99. The van der Waals surface area contributed by atoms with Crippen LogP contribution < -0.4 is 10.6 Å². The minimum atomic E-state index is -0.344. The molecule has 1 aliphatic rings. The summed E-state index contributed by atoms with van der Waals surface area (Å²) in [6.07, 6.45) is 2.30. The molecule has 0 aromatic carbocycles. The summed E-state index contributed by atoms with van der Waals surface area (Å²) in [5.74, 6) is 0.152. The number of nitrogens with zero attached hydrogens (tertiary/aromatic N) is 1. The van der Waals surface area contributed by atoms with Gasteiger partial charge >= 0.3 is 5.97 Å². The quantitative estimate of drug-likeness (QED) is 0.783. The third-order valence-corrected chi connectivity index (χ3v) is 4.82. The summed E-state index contributed by atoms with van der Waals surface area (Å²) in [6, 6.07) is 0. The normalized spacial score (nSPS) is 14.3. The van der Waals surface area contributed by atoms with Crippen molar-refractivity contribution in [2.75, 3.05) is 44.5 Å². The van der Waals surface area contributed by atoms with E-state index in [1.807, 2.05) is 0 Å². The molecule has 112 valence electrons. The molecule has 2 rings (SSSR count). The van der Waals surface area contributed by atoms with Crippen molar-refractivity contribution in [3.63, 3.8) is 0 Å². The molecule has 0 atom stereocenters. The molecule has 1 aromatic heterocycles. The van der Waals surface area contributed by atoms with Gasteiger partial charge < -0.3 is 20.1 Å². The van der Waals surface area contributed by atoms with Gasteiger partial charge in [0.2, 0.25) is 0 Å². The van der Waals surface area contributed by atoms with Crippen LogP contribution in [0.15, 0.2) is 0 Å². The summed E-state index contributed by atoms with van der Waals surface area (Å²) in [4.78, 5) is 14.6. The van der Waals surface area contributed by atoms with Crippen LogP contribution in [-0.4, -0.2) is 39.9 Å². The van der Waals surface area contributed by atoms with Crippen molar-refractivity contribution in [2.24, 2.45) is 0 Å². The van der Waals surface area contributed by atoms with Crippen LogP contribution in [0.2, 0.25) is 0 Å². The number of rotatable bonds is 7. The fraction of sp³-hybridized carbons (Fsp3) is 0.643. The maximum absolute atomic E-state index is 11.8. The molecule has 6 heteroatoms. The van der Waals surface area contributed by atoms with Crippen LogP contribution in [0.5, 0.6) is 0 Å². The van der Waals surface area contributed by atoms with Crippen LogP contribution in [0.3, 0.4) is 0 Å². The molecule has 1 saturated carbocycles. The Morgan fingerprint density at radius 1 is 1.45 bits per heavy atom. The van der Waals surface area contributed by atoms with E-state index in [9.17, 15) is 4.79 Å². The zero-order valence-electron chi connectivity index (χ0n) is 12.3. The zero-order chi connectivity index (χ0) is 14.7. The number of nitrogen functional groups attached to an aromatic ring is 1. The van der Waals surface area contributed by atoms with Crippen molar-refractivity contribution in [2.45, 2.75) is 25.7 Å². The number of thiophene rings is 1.